The van der Waals surface area contributed by atoms with Crippen LogP contribution in [0, 0.1) is 5.92 Å². The molecule has 0 saturated heterocycles. The number of amides is 1. The van der Waals surface area contributed by atoms with Gasteiger partial charge in [-0.15, -0.1) is 0 Å². The lowest BCUT2D eigenvalue weighted by molar-refractivity contribution is -0.141. The van der Waals surface area contributed by atoms with Gasteiger partial charge in [-0.2, -0.15) is 0 Å². The zero-order valence-electron chi connectivity index (χ0n) is 12.4. The van der Waals surface area contributed by atoms with Gasteiger partial charge in [0.25, 0.3) is 0 Å². The molecule has 0 saturated carbocycles. The van der Waals surface area contributed by atoms with Gasteiger partial charge in [0.15, 0.2) is 12.4 Å². The monoisotopic (exact) mass is 371 g/mol. The predicted octanol–water partition coefficient (Wildman–Crippen LogP) is 2.56. The van der Waals surface area contributed by atoms with Crippen LogP contribution in [0.25, 0.3) is 0 Å². The van der Waals surface area contributed by atoms with Crippen LogP contribution < -0.4 is 5.32 Å². The molecule has 1 amide bonds. The van der Waals surface area contributed by atoms with Crippen LogP contribution >= 0.6 is 15.9 Å². The summed E-state index contributed by atoms with van der Waals surface area (Å²) in [7, 11) is 0. The standard InChI is InChI=1S/C15H18BrNO5/c1-10(2)8-22-15(20)17-7-14(19)21-9-13(18)11-3-5-12(16)6-4-11/h3-6,10H,7-9H2,1-2H3,(H,17,20). The van der Waals surface area contributed by atoms with E-state index in [4.69, 9.17) is 9.47 Å². The molecule has 22 heavy (non-hydrogen) atoms. The number of Topliss-reactive ketones (excluding diaryl/α,β-unsaturated/α-hetero) is 1. The Hall–Kier alpha value is -1.89. The van der Waals surface area contributed by atoms with Gasteiger partial charge in [-0.1, -0.05) is 41.9 Å². The van der Waals surface area contributed by atoms with E-state index in [1.54, 1.807) is 24.3 Å². The summed E-state index contributed by atoms with van der Waals surface area (Å²) >= 11 is 3.26. The van der Waals surface area contributed by atoms with E-state index in [2.05, 4.69) is 21.2 Å². The minimum Gasteiger partial charge on any atom is -0.456 e. The second kappa shape index (κ2) is 9.19. The number of ether oxygens (including phenoxy) is 2. The van der Waals surface area contributed by atoms with E-state index in [0.717, 1.165) is 4.47 Å². The van der Waals surface area contributed by atoms with Crippen molar-refractivity contribution >= 4 is 33.8 Å². The molecule has 0 heterocycles. The maximum Gasteiger partial charge on any atom is 0.407 e. The maximum atomic E-state index is 11.8. The first kappa shape index (κ1) is 18.2. The van der Waals surface area contributed by atoms with Gasteiger partial charge in [0.1, 0.15) is 6.54 Å². The lowest BCUT2D eigenvalue weighted by atomic mass is 10.1. The number of ketones is 1. The molecule has 0 spiro atoms. The Morgan fingerprint density at radius 2 is 1.77 bits per heavy atom. The largest absolute Gasteiger partial charge is 0.456 e. The lowest BCUT2D eigenvalue weighted by Crippen LogP contribution is -2.32. The molecule has 120 valence electrons. The molecular formula is C15H18BrNO5. The number of carbonyl (C=O) groups excluding carboxylic acids is 3. The number of halogens is 1. The molecule has 1 rings (SSSR count). The van der Waals surface area contributed by atoms with Gasteiger partial charge < -0.3 is 14.8 Å². The number of carbonyl (C=O) groups is 3. The van der Waals surface area contributed by atoms with E-state index in [1.807, 2.05) is 13.8 Å². The Kier molecular flexibility index (Phi) is 7.59. The molecule has 7 heteroatoms. The molecule has 0 atom stereocenters. The van der Waals surface area contributed by atoms with E-state index in [1.165, 1.54) is 0 Å². The molecule has 1 aromatic carbocycles. The number of alkyl carbamates (subject to hydrolysis) is 1. The first-order valence-electron chi connectivity index (χ1n) is 6.73. The number of hydrogen-bond donors (Lipinski definition) is 1. The van der Waals surface area contributed by atoms with Crippen molar-refractivity contribution < 1.29 is 23.9 Å². The van der Waals surface area contributed by atoms with Crippen molar-refractivity contribution in [3.63, 3.8) is 0 Å². The molecule has 1 N–H and O–H groups in total. The van der Waals surface area contributed by atoms with Crippen LogP contribution in [0.15, 0.2) is 28.7 Å². The van der Waals surface area contributed by atoms with Crippen molar-refractivity contribution in [2.45, 2.75) is 13.8 Å². The molecule has 1 aromatic rings. The Bertz CT molecular complexity index is 527. The lowest BCUT2D eigenvalue weighted by Gasteiger charge is -2.08. The first-order valence-corrected chi connectivity index (χ1v) is 7.52. The zero-order chi connectivity index (χ0) is 16.5. The van der Waals surface area contributed by atoms with Gasteiger partial charge in [-0.05, 0) is 18.1 Å². The van der Waals surface area contributed by atoms with E-state index < -0.39 is 12.1 Å². The van der Waals surface area contributed by atoms with Gasteiger partial charge in [-0.3, -0.25) is 9.59 Å². The average Bonchev–Trinajstić information content (AvgIpc) is 2.49. The van der Waals surface area contributed by atoms with Crippen molar-refractivity contribution in [1.29, 1.82) is 0 Å². The second-order valence-electron chi connectivity index (χ2n) is 4.94. The third-order valence-corrected chi connectivity index (χ3v) is 2.98. The Morgan fingerprint density at radius 1 is 1.14 bits per heavy atom. The van der Waals surface area contributed by atoms with Crippen LogP contribution in [0.5, 0.6) is 0 Å². The van der Waals surface area contributed by atoms with E-state index in [9.17, 15) is 14.4 Å². The minimum absolute atomic E-state index is 0.209. The van der Waals surface area contributed by atoms with Crippen LogP contribution in [0.1, 0.15) is 24.2 Å². The molecule has 0 unspecified atom stereocenters. The molecule has 0 radical (unpaired) electrons. The second-order valence-corrected chi connectivity index (χ2v) is 5.85. The number of rotatable bonds is 7. The van der Waals surface area contributed by atoms with Gasteiger partial charge in [-0.25, -0.2) is 4.79 Å². The highest BCUT2D eigenvalue weighted by molar-refractivity contribution is 9.10. The fraction of sp³-hybridized carbons (Fsp3) is 0.400. The summed E-state index contributed by atoms with van der Waals surface area (Å²) in [5.41, 5.74) is 0.445. The van der Waals surface area contributed by atoms with Crippen LogP contribution in [0.4, 0.5) is 4.79 Å². The number of nitrogens with one attached hydrogen (secondary N) is 1. The number of benzene rings is 1. The van der Waals surface area contributed by atoms with Crippen LogP contribution in [0.2, 0.25) is 0 Å². The van der Waals surface area contributed by atoms with Gasteiger partial charge >= 0.3 is 12.1 Å². The summed E-state index contributed by atoms with van der Waals surface area (Å²) < 4.78 is 10.5. The molecule has 0 aliphatic heterocycles. The molecule has 0 bridgehead atoms. The highest BCUT2D eigenvalue weighted by Gasteiger charge is 2.11. The fourth-order valence-electron chi connectivity index (χ4n) is 1.35. The quantitative estimate of drug-likeness (QED) is 0.588. The molecule has 0 fully saturated rings. The SMILES string of the molecule is CC(C)COC(=O)NCC(=O)OCC(=O)c1ccc(Br)cc1. The van der Waals surface area contributed by atoms with Crippen molar-refractivity contribution in [3.05, 3.63) is 34.3 Å². The van der Waals surface area contributed by atoms with Crippen molar-refractivity contribution in [1.82, 2.24) is 5.32 Å². The van der Waals surface area contributed by atoms with Crippen LogP contribution in [-0.2, 0) is 14.3 Å². The van der Waals surface area contributed by atoms with Crippen molar-refractivity contribution in [2.75, 3.05) is 19.8 Å². The smallest absolute Gasteiger partial charge is 0.407 e. The zero-order valence-corrected chi connectivity index (χ0v) is 14.0. The summed E-state index contributed by atoms with van der Waals surface area (Å²) in [6.45, 7) is 3.35. The van der Waals surface area contributed by atoms with E-state index in [0.29, 0.717) is 5.56 Å². The van der Waals surface area contributed by atoms with Crippen LogP contribution in [0.3, 0.4) is 0 Å². The fourth-order valence-corrected chi connectivity index (χ4v) is 1.62. The van der Waals surface area contributed by atoms with E-state index in [-0.39, 0.29) is 31.5 Å². The Balaban J connectivity index is 2.26. The molecular weight excluding hydrogens is 354 g/mol. The summed E-state index contributed by atoms with van der Waals surface area (Å²) in [6, 6.07) is 6.70. The van der Waals surface area contributed by atoms with E-state index >= 15 is 0 Å². The number of hydrogen-bond acceptors (Lipinski definition) is 5. The van der Waals surface area contributed by atoms with Gasteiger partial charge in [0.05, 0.1) is 6.61 Å². The predicted molar refractivity (Wildman–Crippen MR) is 83.6 cm³/mol. The summed E-state index contributed by atoms with van der Waals surface area (Å²) in [4.78, 5) is 34.4. The van der Waals surface area contributed by atoms with Crippen LogP contribution in [-0.4, -0.2) is 37.6 Å². The Morgan fingerprint density at radius 3 is 2.36 bits per heavy atom. The topological polar surface area (TPSA) is 81.7 Å². The third kappa shape index (κ3) is 7.21. The molecule has 0 aromatic heterocycles. The van der Waals surface area contributed by atoms with Gasteiger partial charge in [0.2, 0.25) is 0 Å². The minimum atomic E-state index is -0.702. The summed E-state index contributed by atoms with van der Waals surface area (Å²) in [5, 5.41) is 2.26. The highest BCUT2D eigenvalue weighted by Crippen LogP contribution is 2.11. The normalized spacial score (nSPS) is 10.2. The van der Waals surface area contributed by atoms with Crippen molar-refractivity contribution in [3.8, 4) is 0 Å². The Labute approximate surface area is 137 Å². The average molecular weight is 372 g/mol. The highest BCUT2D eigenvalue weighted by atomic mass is 79.9. The molecule has 0 aliphatic carbocycles. The third-order valence-electron chi connectivity index (χ3n) is 2.46. The summed E-state index contributed by atoms with van der Waals surface area (Å²) in [6.07, 6.45) is -0.690. The summed E-state index contributed by atoms with van der Waals surface area (Å²) in [5.74, 6) is -0.809. The maximum absolute atomic E-state index is 11.8. The number of esters is 1. The molecule has 0 aliphatic rings. The van der Waals surface area contributed by atoms with Crippen molar-refractivity contribution in [2.24, 2.45) is 5.92 Å². The first-order chi connectivity index (χ1) is 10.4. The molecule has 6 nitrogen and oxygen atoms in total. The van der Waals surface area contributed by atoms with Gasteiger partial charge in [0, 0.05) is 10.0 Å².